The van der Waals surface area contributed by atoms with Crippen LogP contribution >= 0.6 is 0 Å². The Hall–Kier alpha value is -3.07. The SMILES string of the molecule is CCCCCCCCCCCCCCCCCC(=O)OCCOc1ccc(S(=O)(=O)c2ccc(OCCOC(=O)CCCCCCCCCCCCCCCCC)cc2)cc1. The smallest absolute Gasteiger partial charge is 0.305 e. The lowest BCUT2D eigenvalue weighted by atomic mass is 10.0. The molecule has 9 heteroatoms. The van der Waals surface area contributed by atoms with Crippen molar-refractivity contribution in [2.24, 2.45) is 0 Å². The van der Waals surface area contributed by atoms with Crippen LogP contribution in [-0.2, 0) is 28.9 Å². The summed E-state index contributed by atoms with van der Waals surface area (Å²) in [7, 11) is -3.75. The molecule has 0 heterocycles. The van der Waals surface area contributed by atoms with E-state index in [4.69, 9.17) is 18.9 Å². The summed E-state index contributed by atoms with van der Waals surface area (Å²) in [5.41, 5.74) is 0. The van der Waals surface area contributed by atoms with Gasteiger partial charge in [-0.3, -0.25) is 9.59 Å². The van der Waals surface area contributed by atoms with E-state index in [-0.39, 0.29) is 48.2 Å². The quantitative estimate of drug-likeness (QED) is 0.0480. The summed E-state index contributed by atoms with van der Waals surface area (Å²) in [6, 6.07) is 12.4. The van der Waals surface area contributed by atoms with Crippen LogP contribution in [0.1, 0.15) is 219 Å². The van der Waals surface area contributed by atoms with E-state index >= 15 is 0 Å². The zero-order valence-corrected chi connectivity index (χ0v) is 39.6. The molecular formula is C52H86O8S. The minimum absolute atomic E-state index is 0.143. The Labute approximate surface area is 372 Å². The van der Waals surface area contributed by atoms with Gasteiger partial charge >= 0.3 is 11.9 Å². The largest absolute Gasteiger partial charge is 0.490 e. The molecule has 0 aliphatic carbocycles. The number of ether oxygens (including phenoxy) is 4. The number of unbranched alkanes of at least 4 members (excludes halogenated alkanes) is 28. The lowest BCUT2D eigenvalue weighted by molar-refractivity contribution is -0.145. The van der Waals surface area contributed by atoms with Gasteiger partial charge in [-0.05, 0) is 61.4 Å². The molecule has 0 fully saturated rings. The molecule has 0 unspecified atom stereocenters. The number of esters is 2. The Morgan fingerprint density at radius 2 is 0.607 bits per heavy atom. The second-order valence-corrected chi connectivity index (χ2v) is 18.9. The van der Waals surface area contributed by atoms with Gasteiger partial charge in [0.2, 0.25) is 9.84 Å². The maximum Gasteiger partial charge on any atom is 0.305 e. The third-order valence-electron chi connectivity index (χ3n) is 11.5. The summed E-state index contributed by atoms with van der Waals surface area (Å²) in [4.78, 5) is 24.5. The van der Waals surface area contributed by atoms with E-state index in [0.717, 1.165) is 25.7 Å². The highest BCUT2D eigenvalue weighted by molar-refractivity contribution is 7.91. The Balaban J connectivity index is 1.46. The molecule has 0 amide bonds. The third-order valence-corrected chi connectivity index (χ3v) is 13.3. The summed E-state index contributed by atoms with van der Waals surface area (Å²) >= 11 is 0. The van der Waals surface area contributed by atoms with Crippen LogP contribution in [0, 0.1) is 0 Å². The molecule has 0 atom stereocenters. The lowest BCUT2D eigenvalue weighted by Crippen LogP contribution is -2.12. The van der Waals surface area contributed by atoms with Gasteiger partial charge in [0.15, 0.2) is 0 Å². The first kappa shape index (κ1) is 54.1. The predicted molar refractivity (Wildman–Crippen MR) is 250 cm³/mol. The van der Waals surface area contributed by atoms with Crippen LogP contribution < -0.4 is 9.47 Å². The van der Waals surface area contributed by atoms with Crippen LogP contribution in [0.25, 0.3) is 0 Å². The standard InChI is InChI=1S/C52H86O8S/c1-3-5-7-9-11-13-15-17-19-21-23-25-27-29-31-33-51(53)59-45-43-57-47-35-39-49(40-36-47)61(55,56)50-41-37-48(38-42-50)58-44-46-60-52(54)34-32-30-28-26-24-22-20-18-16-14-12-10-8-6-4-2/h35-42H,3-34,43-46H2,1-2H3. The highest BCUT2D eigenvalue weighted by Crippen LogP contribution is 2.25. The zero-order valence-electron chi connectivity index (χ0n) is 38.7. The summed E-state index contributed by atoms with van der Waals surface area (Å²) in [6.07, 6.45) is 39.4. The number of carbonyl (C=O) groups is 2. The summed E-state index contributed by atoms with van der Waals surface area (Å²) in [5, 5.41) is 0. The monoisotopic (exact) mass is 871 g/mol. The van der Waals surface area contributed by atoms with Crippen LogP contribution in [0.15, 0.2) is 58.3 Å². The first-order chi connectivity index (χ1) is 29.9. The van der Waals surface area contributed by atoms with E-state index < -0.39 is 9.84 Å². The van der Waals surface area contributed by atoms with Gasteiger partial charge in [0.1, 0.15) is 37.9 Å². The molecule has 2 rings (SSSR count). The van der Waals surface area contributed by atoms with Gasteiger partial charge in [-0.2, -0.15) is 0 Å². The van der Waals surface area contributed by atoms with E-state index in [2.05, 4.69) is 13.8 Å². The van der Waals surface area contributed by atoms with E-state index in [1.165, 1.54) is 191 Å². The number of hydrogen-bond acceptors (Lipinski definition) is 8. The average molecular weight is 871 g/mol. The van der Waals surface area contributed by atoms with Gasteiger partial charge in [0.05, 0.1) is 9.79 Å². The lowest BCUT2D eigenvalue weighted by Gasteiger charge is -2.10. The van der Waals surface area contributed by atoms with E-state index in [1.807, 2.05) is 0 Å². The van der Waals surface area contributed by atoms with Crippen molar-refractivity contribution in [1.82, 2.24) is 0 Å². The molecule has 0 aliphatic heterocycles. The second-order valence-electron chi connectivity index (χ2n) is 17.0. The molecule has 2 aromatic rings. The maximum atomic E-state index is 13.2. The number of rotatable bonds is 42. The Kier molecular flexibility index (Phi) is 33.2. The van der Waals surface area contributed by atoms with Crippen molar-refractivity contribution >= 4 is 21.8 Å². The molecule has 0 saturated carbocycles. The summed E-state index contributed by atoms with van der Waals surface area (Å²) < 4.78 is 48.5. The highest BCUT2D eigenvalue weighted by atomic mass is 32.2. The summed E-state index contributed by atoms with van der Waals surface area (Å²) in [5.74, 6) is 0.578. The number of benzene rings is 2. The maximum absolute atomic E-state index is 13.2. The number of hydrogen-bond donors (Lipinski definition) is 0. The molecular weight excluding hydrogens is 785 g/mol. The Morgan fingerprint density at radius 1 is 0.361 bits per heavy atom. The predicted octanol–water partition coefficient (Wildman–Crippen LogP) is 14.9. The molecule has 0 aliphatic rings. The molecule has 0 N–H and O–H groups in total. The summed E-state index contributed by atoms with van der Waals surface area (Å²) in [6.45, 7) is 5.21. The normalized spacial score (nSPS) is 11.4. The Morgan fingerprint density at radius 3 is 0.869 bits per heavy atom. The molecule has 0 spiro atoms. The van der Waals surface area contributed by atoms with Gasteiger partial charge < -0.3 is 18.9 Å². The van der Waals surface area contributed by atoms with Crippen LogP contribution in [0.5, 0.6) is 11.5 Å². The van der Waals surface area contributed by atoms with Crippen LogP contribution in [0.2, 0.25) is 0 Å². The van der Waals surface area contributed by atoms with Gasteiger partial charge in [-0.1, -0.05) is 194 Å². The molecule has 0 aromatic heterocycles. The molecule has 0 radical (unpaired) electrons. The minimum atomic E-state index is -3.75. The van der Waals surface area contributed by atoms with E-state index in [0.29, 0.717) is 24.3 Å². The minimum Gasteiger partial charge on any atom is -0.490 e. The average Bonchev–Trinajstić information content (AvgIpc) is 3.27. The molecule has 0 bridgehead atoms. The van der Waals surface area contributed by atoms with Gasteiger partial charge in [-0.25, -0.2) is 8.42 Å². The van der Waals surface area contributed by atoms with Crippen molar-refractivity contribution in [3.63, 3.8) is 0 Å². The van der Waals surface area contributed by atoms with Gasteiger partial charge in [0, 0.05) is 12.8 Å². The van der Waals surface area contributed by atoms with Crippen LogP contribution in [0.3, 0.4) is 0 Å². The van der Waals surface area contributed by atoms with Crippen molar-refractivity contribution < 1.29 is 37.0 Å². The first-order valence-electron chi connectivity index (χ1n) is 24.9. The topological polar surface area (TPSA) is 105 Å². The molecule has 0 saturated heterocycles. The highest BCUT2D eigenvalue weighted by Gasteiger charge is 2.18. The van der Waals surface area contributed by atoms with Gasteiger partial charge in [0.25, 0.3) is 0 Å². The second kappa shape index (κ2) is 37.5. The fourth-order valence-electron chi connectivity index (χ4n) is 7.62. The van der Waals surface area contributed by atoms with Crippen molar-refractivity contribution in [1.29, 1.82) is 0 Å². The van der Waals surface area contributed by atoms with Crippen LogP contribution in [0.4, 0.5) is 0 Å². The first-order valence-corrected chi connectivity index (χ1v) is 26.4. The molecule has 61 heavy (non-hydrogen) atoms. The third kappa shape index (κ3) is 29.0. The number of sulfone groups is 1. The fraction of sp³-hybridized carbons (Fsp3) is 0.731. The molecule has 8 nitrogen and oxygen atoms in total. The van der Waals surface area contributed by atoms with Crippen LogP contribution in [-0.4, -0.2) is 46.8 Å². The van der Waals surface area contributed by atoms with Crippen molar-refractivity contribution in [2.75, 3.05) is 26.4 Å². The van der Waals surface area contributed by atoms with E-state index in [1.54, 1.807) is 24.3 Å². The van der Waals surface area contributed by atoms with Crippen molar-refractivity contribution in [3.8, 4) is 11.5 Å². The molecule has 2 aromatic carbocycles. The zero-order chi connectivity index (χ0) is 43.9. The number of carbonyl (C=O) groups excluding carboxylic acids is 2. The Bertz CT molecular complexity index is 1340. The molecule has 348 valence electrons. The van der Waals surface area contributed by atoms with Gasteiger partial charge in [-0.15, -0.1) is 0 Å². The van der Waals surface area contributed by atoms with Crippen molar-refractivity contribution in [3.05, 3.63) is 48.5 Å². The fourth-order valence-corrected chi connectivity index (χ4v) is 8.88. The van der Waals surface area contributed by atoms with E-state index in [9.17, 15) is 18.0 Å². The van der Waals surface area contributed by atoms with Crippen molar-refractivity contribution in [2.45, 2.75) is 229 Å².